The van der Waals surface area contributed by atoms with Gasteiger partial charge in [0.25, 0.3) is 0 Å². The summed E-state index contributed by atoms with van der Waals surface area (Å²) in [5.74, 6) is 0.736. The van der Waals surface area contributed by atoms with Crippen molar-refractivity contribution in [2.24, 2.45) is 10.1 Å². The number of nitrogens with zero attached hydrogens (tertiary/aromatic N) is 2. The lowest BCUT2D eigenvalue weighted by molar-refractivity contribution is 0.597. The molecule has 3 aromatic rings. The second-order valence-electron chi connectivity index (χ2n) is 6.73. The molecule has 29 heavy (non-hydrogen) atoms. The van der Waals surface area contributed by atoms with Crippen molar-refractivity contribution < 1.29 is 8.42 Å². The molecule has 0 saturated heterocycles. The highest BCUT2D eigenvalue weighted by Crippen LogP contribution is 2.15. The summed E-state index contributed by atoms with van der Waals surface area (Å²) in [6.07, 6.45) is 3.08. The van der Waals surface area contributed by atoms with E-state index in [0.29, 0.717) is 6.54 Å². The molecular weight excluding hydrogens is 386 g/mol. The minimum Gasteiger partial charge on any atom is -0.357 e. The van der Waals surface area contributed by atoms with Gasteiger partial charge in [0.1, 0.15) is 0 Å². The first-order valence-corrected chi connectivity index (χ1v) is 11.2. The van der Waals surface area contributed by atoms with Gasteiger partial charge in [0.2, 0.25) is 10.0 Å². The zero-order valence-corrected chi connectivity index (χ0v) is 17.3. The Labute approximate surface area is 171 Å². The first kappa shape index (κ1) is 20.9. The lowest BCUT2D eigenvalue weighted by Crippen LogP contribution is -2.38. The van der Waals surface area contributed by atoms with Gasteiger partial charge in [-0.15, -0.1) is 0 Å². The quantitative estimate of drug-likeness (QED) is 0.300. The summed E-state index contributed by atoms with van der Waals surface area (Å²) < 4.78 is 24.9. The monoisotopic (exact) mass is 413 g/mol. The fourth-order valence-corrected chi connectivity index (χ4v) is 3.60. The Balaban J connectivity index is 1.52. The molecule has 0 amide bonds. The zero-order valence-electron chi connectivity index (χ0n) is 16.5. The molecule has 4 N–H and O–H groups in total. The van der Waals surface area contributed by atoms with Crippen molar-refractivity contribution in [1.29, 1.82) is 0 Å². The molecule has 0 saturated carbocycles. The van der Waals surface area contributed by atoms with Gasteiger partial charge in [-0.2, -0.15) is 0 Å². The van der Waals surface area contributed by atoms with Gasteiger partial charge in [-0.3, -0.25) is 0 Å². The molecule has 154 valence electrons. The number of guanidine groups is 1. The molecule has 1 heterocycles. The SMILES string of the molecule is CCNC(=NCc1ccc(S(N)(=O)=O)cc1)NCCCn1ccc2ccccc21. The number of fused-ring (bicyclic) bond motifs is 1. The van der Waals surface area contributed by atoms with Crippen molar-refractivity contribution >= 4 is 26.9 Å². The molecule has 0 unspecified atom stereocenters. The molecule has 0 fully saturated rings. The first-order chi connectivity index (χ1) is 14.0. The largest absolute Gasteiger partial charge is 0.357 e. The van der Waals surface area contributed by atoms with Crippen LogP contribution in [0.1, 0.15) is 18.9 Å². The molecule has 0 bridgehead atoms. The Morgan fingerprint density at radius 3 is 2.55 bits per heavy atom. The number of nitrogens with one attached hydrogen (secondary N) is 2. The summed E-state index contributed by atoms with van der Waals surface area (Å²) in [7, 11) is -3.67. The van der Waals surface area contributed by atoms with Crippen LogP contribution in [-0.4, -0.2) is 32.0 Å². The minimum absolute atomic E-state index is 0.104. The molecule has 2 aromatic carbocycles. The molecule has 0 aliphatic rings. The fraction of sp³-hybridized carbons (Fsp3) is 0.286. The average molecular weight is 414 g/mol. The fourth-order valence-electron chi connectivity index (χ4n) is 3.09. The number of hydrogen-bond donors (Lipinski definition) is 3. The average Bonchev–Trinajstić information content (AvgIpc) is 3.12. The van der Waals surface area contributed by atoms with Crippen LogP contribution in [0.2, 0.25) is 0 Å². The maximum absolute atomic E-state index is 11.3. The van der Waals surface area contributed by atoms with Crippen molar-refractivity contribution in [3.8, 4) is 0 Å². The van der Waals surface area contributed by atoms with Gasteiger partial charge in [0.15, 0.2) is 5.96 Å². The van der Waals surface area contributed by atoms with E-state index in [4.69, 9.17) is 5.14 Å². The number of primary sulfonamides is 1. The lowest BCUT2D eigenvalue weighted by Gasteiger charge is -2.12. The van der Waals surface area contributed by atoms with Crippen molar-refractivity contribution in [2.75, 3.05) is 13.1 Å². The Bertz CT molecular complexity index is 1070. The molecule has 1 aromatic heterocycles. The molecule has 0 radical (unpaired) electrons. The number of benzene rings is 2. The van der Waals surface area contributed by atoms with E-state index in [9.17, 15) is 8.42 Å². The summed E-state index contributed by atoms with van der Waals surface area (Å²) in [5.41, 5.74) is 2.16. The first-order valence-electron chi connectivity index (χ1n) is 9.65. The van der Waals surface area contributed by atoms with Crippen LogP contribution in [0.15, 0.2) is 70.7 Å². The number of aromatic nitrogens is 1. The van der Waals surface area contributed by atoms with Crippen molar-refractivity contribution in [3.05, 3.63) is 66.4 Å². The standard InChI is InChI=1S/C21H27N5O2S/c1-2-23-21(25-16-17-8-10-19(11-9-17)29(22,27)28)24-13-5-14-26-15-12-18-6-3-4-7-20(18)26/h3-4,6-12,15H,2,5,13-14,16H2,1H3,(H2,22,27,28)(H2,23,24,25). The van der Waals surface area contributed by atoms with Gasteiger partial charge in [0, 0.05) is 31.3 Å². The van der Waals surface area contributed by atoms with Gasteiger partial charge >= 0.3 is 0 Å². The van der Waals surface area contributed by atoms with Gasteiger partial charge < -0.3 is 15.2 Å². The maximum Gasteiger partial charge on any atom is 0.238 e. The third kappa shape index (κ3) is 5.82. The van der Waals surface area contributed by atoms with Crippen LogP contribution >= 0.6 is 0 Å². The van der Waals surface area contributed by atoms with E-state index in [1.54, 1.807) is 12.1 Å². The third-order valence-electron chi connectivity index (χ3n) is 4.56. The molecular formula is C21H27N5O2S. The van der Waals surface area contributed by atoms with E-state index in [0.717, 1.165) is 37.6 Å². The normalized spacial score (nSPS) is 12.3. The number of aryl methyl sites for hydroxylation is 1. The molecule has 0 aliphatic heterocycles. The summed E-state index contributed by atoms with van der Waals surface area (Å²) in [5, 5.41) is 13.0. The van der Waals surface area contributed by atoms with E-state index in [1.165, 1.54) is 23.0 Å². The van der Waals surface area contributed by atoms with E-state index >= 15 is 0 Å². The Morgan fingerprint density at radius 1 is 1.07 bits per heavy atom. The number of hydrogen-bond acceptors (Lipinski definition) is 3. The Hall–Kier alpha value is -2.84. The zero-order chi connectivity index (χ0) is 20.7. The second kappa shape index (κ2) is 9.58. The van der Waals surface area contributed by atoms with Crippen LogP contribution in [-0.2, 0) is 23.1 Å². The van der Waals surface area contributed by atoms with Gasteiger partial charge in [-0.25, -0.2) is 18.5 Å². The van der Waals surface area contributed by atoms with Crippen molar-refractivity contribution in [1.82, 2.24) is 15.2 Å². The highest BCUT2D eigenvalue weighted by molar-refractivity contribution is 7.89. The third-order valence-corrected chi connectivity index (χ3v) is 5.49. The Morgan fingerprint density at radius 2 is 1.83 bits per heavy atom. The summed E-state index contributed by atoms with van der Waals surface area (Å²) in [6, 6.07) is 17.0. The number of rotatable bonds is 8. The molecule has 8 heteroatoms. The molecule has 7 nitrogen and oxygen atoms in total. The smallest absolute Gasteiger partial charge is 0.238 e. The number of sulfonamides is 1. The highest BCUT2D eigenvalue weighted by Gasteiger charge is 2.06. The van der Waals surface area contributed by atoms with Crippen LogP contribution < -0.4 is 15.8 Å². The summed E-state index contributed by atoms with van der Waals surface area (Å²) >= 11 is 0. The molecule has 0 spiro atoms. The van der Waals surface area contributed by atoms with Crippen molar-refractivity contribution in [2.45, 2.75) is 31.3 Å². The van der Waals surface area contributed by atoms with E-state index in [-0.39, 0.29) is 4.90 Å². The summed E-state index contributed by atoms with van der Waals surface area (Å²) in [4.78, 5) is 4.67. The van der Waals surface area contributed by atoms with Crippen LogP contribution in [0.5, 0.6) is 0 Å². The van der Waals surface area contributed by atoms with Crippen LogP contribution in [0.25, 0.3) is 10.9 Å². The predicted octanol–water partition coefficient (Wildman–Crippen LogP) is 2.43. The lowest BCUT2D eigenvalue weighted by atomic mass is 10.2. The van der Waals surface area contributed by atoms with Gasteiger partial charge in [0.05, 0.1) is 11.4 Å². The van der Waals surface area contributed by atoms with Crippen molar-refractivity contribution in [3.63, 3.8) is 0 Å². The topological polar surface area (TPSA) is 102 Å². The maximum atomic E-state index is 11.3. The van der Waals surface area contributed by atoms with Crippen LogP contribution in [0.3, 0.4) is 0 Å². The molecule has 3 rings (SSSR count). The van der Waals surface area contributed by atoms with Gasteiger partial charge in [-0.1, -0.05) is 30.3 Å². The number of nitrogens with two attached hydrogens (primary N) is 1. The minimum atomic E-state index is -3.67. The van der Waals surface area contributed by atoms with E-state index < -0.39 is 10.0 Å². The Kier molecular flexibility index (Phi) is 6.90. The summed E-state index contributed by atoms with van der Waals surface area (Å²) in [6.45, 7) is 4.95. The van der Waals surface area contributed by atoms with Crippen LogP contribution in [0.4, 0.5) is 0 Å². The predicted molar refractivity (Wildman–Crippen MR) is 117 cm³/mol. The highest BCUT2D eigenvalue weighted by atomic mass is 32.2. The van der Waals surface area contributed by atoms with Crippen LogP contribution in [0, 0.1) is 0 Å². The van der Waals surface area contributed by atoms with Gasteiger partial charge in [-0.05, 0) is 48.6 Å². The van der Waals surface area contributed by atoms with E-state index in [1.807, 2.05) is 6.92 Å². The van der Waals surface area contributed by atoms with E-state index in [2.05, 4.69) is 56.7 Å². The molecule has 0 aliphatic carbocycles. The molecule has 0 atom stereocenters. The second-order valence-corrected chi connectivity index (χ2v) is 8.29. The number of para-hydroxylation sites is 1. The number of aliphatic imine (C=N–C) groups is 1.